The van der Waals surface area contributed by atoms with Crippen molar-refractivity contribution in [3.05, 3.63) is 78.8 Å². The van der Waals surface area contributed by atoms with Crippen LogP contribution >= 0.6 is 0 Å². The molecule has 0 aliphatic rings. The molecule has 0 N–H and O–H groups in total. The van der Waals surface area contributed by atoms with E-state index in [0.29, 0.717) is 0 Å². The lowest BCUT2D eigenvalue weighted by Crippen LogP contribution is -1.96. The molecule has 29 heavy (non-hydrogen) atoms. The van der Waals surface area contributed by atoms with Crippen molar-refractivity contribution in [2.75, 3.05) is 0 Å². The lowest BCUT2D eigenvalue weighted by Gasteiger charge is -2.14. The van der Waals surface area contributed by atoms with Crippen LogP contribution < -0.4 is 0 Å². The third kappa shape index (κ3) is 2.20. The summed E-state index contributed by atoms with van der Waals surface area (Å²) in [6.07, 6.45) is 13.8. The Hall–Kier alpha value is -3.92. The highest BCUT2D eigenvalue weighted by Crippen LogP contribution is 2.39. The molecule has 4 heterocycles. The predicted octanol–water partition coefficient (Wildman–Crippen LogP) is 6.06. The molecule has 6 aromatic rings. The van der Waals surface area contributed by atoms with Crippen LogP contribution in [-0.4, -0.2) is 19.9 Å². The second-order valence-electron chi connectivity index (χ2n) is 7.09. The standard InChI is InChI=1S/C25H16N4/c1-2-3-4-7-15-14-28-24-20-16(15)10-12-26-22(20)23-21-18(11-13-27-23)17-8-5-6-9-19(17)29-25(21)24/h2-14H,1H3/b3-2-,7-4-. The Morgan fingerprint density at radius 2 is 1.41 bits per heavy atom. The summed E-state index contributed by atoms with van der Waals surface area (Å²) in [5.74, 6) is 0. The van der Waals surface area contributed by atoms with Crippen LogP contribution in [-0.2, 0) is 0 Å². The highest BCUT2D eigenvalue weighted by Gasteiger charge is 2.19. The monoisotopic (exact) mass is 372 g/mol. The average Bonchev–Trinajstić information content (AvgIpc) is 2.78. The van der Waals surface area contributed by atoms with E-state index >= 15 is 0 Å². The molecule has 0 unspecified atom stereocenters. The molecule has 0 saturated carbocycles. The number of rotatable bonds is 2. The largest absolute Gasteiger partial charge is 0.254 e. The molecule has 136 valence electrons. The fourth-order valence-electron chi connectivity index (χ4n) is 4.22. The van der Waals surface area contributed by atoms with Gasteiger partial charge in [0.1, 0.15) is 5.52 Å². The van der Waals surface area contributed by atoms with Crippen LogP contribution in [0, 0.1) is 0 Å². The van der Waals surface area contributed by atoms with Gasteiger partial charge in [0.05, 0.1) is 22.1 Å². The van der Waals surface area contributed by atoms with E-state index in [9.17, 15) is 0 Å². The van der Waals surface area contributed by atoms with E-state index in [-0.39, 0.29) is 0 Å². The Balaban J connectivity index is 1.88. The van der Waals surface area contributed by atoms with Gasteiger partial charge >= 0.3 is 0 Å². The number of benzene rings is 2. The zero-order chi connectivity index (χ0) is 19.4. The summed E-state index contributed by atoms with van der Waals surface area (Å²) in [6, 6.07) is 12.3. The Morgan fingerprint density at radius 3 is 2.24 bits per heavy atom. The van der Waals surface area contributed by atoms with Crippen LogP contribution in [0.15, 0.2) is 73.2 Å². The highest BCUT2D eigenvalue weighted by atomic mass is 14.8. The Labute approximate surface area is 166 Å². The number of pyridine rings is 4. The summed E-state index contributed by atoms with van der Waals surface area (Å²) >= 11 is 0. The Morgan fingerprint density at radius 1 is 0.690 bits per heavy atom. The average molecular weight is 372 g/mol. The van der Waals surface area contributed by atoms with E-state index in [1.165, 1.54) is 0 Å². The van der Waals surface area contributed by atoms with Crippen molar-refractivity contribution >= 4 is 60.6 Å². The van der Waals surface area contributed by atoms with Crippen LogP contribution in [0.2, 0.25) is 0 Å². The van der Waals surface area contributed by atoms with E-state index in [1.807, 2.05) is 61.9 Å². The minimum atomic E-state index is 0.876. The summed E-state index contributed by atoms with van der Waals surface area (Å²) in [7, 11) is 0. The van der Waals surface area contributed by atoms with Crippen molar-refractivity contribution in [2.45, 2.75) is 6.92 Å². The molecule has 4 nitrogen and oxygen atoms in total. The normalized spacial score (nSPS) is 12.7. The molecule has 0 amide bonds. The molecule has 0 aliphatic heterocycles. The maximum atomic E-state index is 5.00. The van der Waals surface area contributed by atoms with Gasteiger partial charge in [-0.05, 0) is 35.9 Å². The van der Waals surface area contributed by atoms with Gasteiger partial charge in [0.15, 0.2) is 0 Å². The van der Waals surface area contributed by atoms with Crippen LogP contribution in [0.3, 0.4) is 0 Å². The molecule has 4 aromatic heterocycles. The van der Waals surface area contributed by atoms with Crippen LogP contribution in [0.1, 0.15) is 12.5 Å². The van der Waals surface area contributed by atoms with E-state index < -0.39 is 0 Å². The fraction of sp³-hybridized carbons (Fsp3) is 0.0400. The molecular formula is C25H16N4. The number of para-hydroxylation sites is 1. The lowest BCUT2D eigenvalue weighted by molar-refractivity contribution is 1.36. The molecule has 0 radical (unpaired) electrons. The van der Waals surface area contributed by atoms with Gasteiger partial charge in [-0.3, -0.25) is 15.0 Å². The predicted molar refractivity (Wildman–Crippen MR) is 120 cm³/mol. The molecule has 0 bridgehead atoms. The second-order valence-corrected chi connectivity index (χ2v) is 7.09. The topological polar surface area (TPSA) is 51.6 Å². The van der Waals surface area contributed by atoms with Gasteiger partial charge in [-0.1, -0.05) is 42.5 Å². The summed E-state index contributed by atoms with van der Waals surface area (Å²) in [5, 5.41) is 5.42. The minimum Gasteiger partial charge on any atom is -0.254 e. The van der Waals surface area contributed by atoms with Gasteiger partial charge in [-0.25, -0.2) is 4.98 Å². The highest BCUT2D eigenvalue weighted by molar-refractivity contribution is 6.32. The van der Waals surface area contributed by atoms with E-state index in [2.05, 4.69) is 24.3 Å². The maximum absolute atomic E-state index is 5.00. The summed E-state index contributed by atoms with van der Waals surface area (Å²) in [4.78, 5) is 19.3. The first-order valence-corrected chi connectivity index (χ1v) is 9.62. The number of hydrogen-bond donors (Lipinski definition) is 0. The number of nitrogens with zero attached hydrogens (tertiary/aromatic N) is 4. The van der Waals surface area contributed by atoms with Gasteiger partial charge in [-0.15, -0.1) is 0 Å². The second kappa shape index (κ2) is 6.04. The number of aromatic nitrogens is 4. The van der Waals surface area contributed by atoms with E-state index in [0.717, 1.165) is 60.1 Å². The third-order valence-electron chi connectivity index (χ3n) is 5.47. The van der Waals surface area contributed by atoms with Crippen molar-refractivity contribution in [1.29, 1.82) is 0 Å². The number of fused-ring (bicyclic) bond motifs is 4. The lowest BCUT2D eigenvalue weighted by atomic mass is 9.97. The van der Waals surface area contributed by atoms with Crippen molar-refractivity contribution in [3.8, 4) is 0 Å². The zero-order valence-corrected chi connectivity index (χ0v) is 15.8. The number of hydrogen-bond acceptors (Lipinski definition) is 4. The zero-order valence-electron chi connectivity index (χ0n) is 15.8. The summed E-state index contributed by atoms with van der Waals surface area (Å²) in [6.45, 7) is 2.00. The molecule has 0 saturated heterocycles. The van der Waals surface area contributed by atoms with Crippen LogP contribution in [0.4, 0.5) is 0 Å². The van der Waals surface area contributed by atoms with Gasteiger partial charge in [-0.2, -0.15) is 0 Å². The van der Waals surface area contributed by atoms with Crippen LogP contribution in [0.25, 0.3) is 60.6 Å². The molecule has 0 spiro atoms. The SMILES string of the molecule is C/C=C\C=C/c1cnc2c3nc4ccccc4c4ccnc(c5nccc1c52)c43. The maximum Gasteiger partial charge on any atom is 0.100 e. The third-order valence-corrected chi connectivity index (χ3v) is 5.47. The van der Waals surface area contributed by atoms with Crippen molar-refractivity contribution < 1.29 is 0 Å². The Bertz CT molecular complexity index is 1610. The molecule has 6 rings (SSSR count). The van der Waals surface area contributed by atoms with Crippen molar-refractivity contribution in [1.82, 2.24) is 19.9 Å². The minimum absolute atomic E-state index is 0.876. The van der Waals surface area contributed by atoms with Gasteiger partial charge in [0.2, 0.25) is 0 Å². The molecule has 0 aliphatic carbocycles. The summed E-state index contributed by atoms with van der Waals surface area (Å²) in [5.41, 5.74) is 5.54. The quantitative estimate of drug-likeness (QED) is 0.211. The first-order chi connectivity index (χ1) is 14.4. The fourth-order valence-corrected chi connectivity index (χ4v) is 4.22. The van der Waals surface area contributed by atoms with Gasteiger partial charge in [0, 0.05) is 40.3 Å². The van der Waals surface area contributed by atoms with Gasteiger partial charge < -0.3 is 0 Å². The van der Waals surface area contributed by atoms with Crippen molar-refractivity contribution in [2.24, 2.45) is 0 Å². The van der Waals surface area contributed by atoms with Gasteiger partial charge in [0.25, 0.3) is 0 Å². The molecule has 0 atom stereocenters. The smallest absolute Gasteiger partial charge is 0.100 e. The molecule has 2 aromatic carbocycles. The Kier molecular flexibility index (Phi) is 3.35. The van der Waals surface area contributed by atoms with E-state index in [4.69, 9.17) is 19.9 Å². The summed E-state index contributed by atoms with van der Waals surface area (Å²) < 4.78 is 0. The number of allylic oxidation sites excluding steroid dienone is 3. The van der Waals surface area contributed by atoms with E-state index in [1.54, 1.807) is 0 Å². The molecular weight excluding hydrogens is 356 g/mol. The molecule has 0 fully saturated rings. The molecule has 4 heteroatoms. The first-order valence-electron chi connectivity index (χ1n) is 9.62. The van der Waals surface area contributed by atoms with Crippen molar-refractivity contribution in [3.63, 3.8) is 0 Å². The van der Waals surface area contributed by atoms with Crippen LogP contribution in [0.5, 0.6) is 0 Å². The first kappa shape index (κ1) is 16.1.